The number of morpholine rings is 1. The van der Waals surface area contributed by atoms with E-state index in [2.05, 4.69) is 5.32 Å². The standard InChI is InChI=1S/C11H13F3N2O/c12-8-4-2-1-3-7(8)11(10(13)14)6-17-5-9(15)16-11/h1-4,9-10,16H,5-6,15H2. The van der Waals surface area contributed by atoms with Crippen molar-refractivity contribution in [3.8, 4) is 0 Å². The summed E-state index contributed by atoms with van der Waals surface area (Å²) in [6.45, 7) is -0.178. The molecule has 1 aromatic rings. The number of hydrogen-bond donors (Lipinski definition) is 2. The summed E-state index contributed by atoms with van der Waals surface area (Å²) in [5.41, 5.74) is 3.55. The lowest BCUT2D eigenvalue weighted by atomic mass is 9.89. The molecule has 1 saturated heterocycles. The average Bonchev–Trinajstić information content (AvgIpc) is 2.29. The fraction of sp³-hybridized carbons (Fsp3) is 0.455. The fourth-order valence-electron chi connectivity index (χ4n) is 1.98. The molecule has 6 heteroatoms. The van der Waals surface area contributed by atoms with Crippen molar-refractivity contribution >= 4 is 0 Å². The van der Waals surface area contributed by atoms with Gasteiger partial charge < -0.3 is 10.5 Å². The number of hydrogen-bond acceptors (Lipinski definition) is 3. The molecule has 0 radical (unpaired) electrons. The predicted molar refractivity (Wildman–Crippen MR) is 56.0 cm³/mol. The molecule has 1 fully saturated rings. The third-order valence-electron chi connectivity index (χ3n) is 2.80. The van der Waals surface area contributed by atoms with E-state index in [-0.39, 0.29) is 18.8 Å². The van der Waals surface area contributed by atoms with Gasteiger partial charge in [0.05, 0.1) is 19.4 Å². The Hall–Kier alpha value is -1.11. The van der Waals surface area contributed by atoms with Crippen molar-refractivity contribution in [1.82, 2.24) is 5.32 Å². The van der Waals surface area contributed by atoms with Crippen molar-refractivity contribution in [1.29, 1.82) is 0 Å². The second-order valence-corrected chi connectivity index (χ2v) is 4.02. The lowest BCUT2D eigenvalue weighted by molar-refractivity contribution is -0.0807. The number of benzene rings is 1. The molecular formula is C11H13F3N2O. The Morgan fingerprint density at radius 3 is 2.71 bits per heavy atom. The van der Waals surface area contributed by atoms with Gasteiger partial charge in [0.25, 0.3) is 6.43 Å². The molecule has 2 unspecified atom stereocenters. The highest BCUT2D eigenvalue weighted by Gasteiger charge is 2.47. The minimum Gasteiger partial charge on any atom is -0.376 e. The highest BCUT2D eigenvalue weighted by atomic mass is 19.3. The van der Waals surface area contributed by atoms with Gasteiger partial charge in [-0.25, -0.2) is 13.2 Å². The van der Waals surface area contributed by atoms with Crippen LogP contribution in [0, 0.1) is 5.82 Å². The minimum absolute atomic E-state index is 0.120. The summed E-state index contributed by atoms with van der Waals surface area (Å²) in [4.78, 5) is 0. The maximum Gasteiger partial charge on any atom is 0.263 e. The van der Waals surface area contributed by atoms with E-state index in [0.717, 1.165) is 6.07 Å². The molecule has 94 valence electrons. The Kier molecular flexibility index (Phi) is 3.37. The van der Waals surface area contributed by atoms with E-state index in [4.69, 9.17) is 10.5 Å². The molecule has 0 aliphatic carbocycles. The lowest BCUT2D eigenvalue weighted by Crippen LogP contribution is -2.63. The van der Waals surface area contributed by atoms with Crippen molar-refractivity contribution in [3.63, 3.8) is 0 Å². The second kappa shape index (κ2) is 4.64. The van der Waals surface area contributed by atoms with Crippen LogP contribution >= 0.6 is 0 Å². The summed E-state index contributed by atoms with van der Waals surface area (Å²) in [6.07, 6.45) is -3.55. The SMILES string of the molecule is NC1COCC(c2ccccc2F)(C(F)F)N1. The third kappa shape index (κ3) is 2.15. The molecule has 0 bridgehead atoms. The highest BCUT2D eigenvalue weighted by Crippen LogP contribution is 2.32. The summed E-state index contributed by atoms with van der Waals surface area (Å²) < 4.78 is 45.2. The van der Waals surface area contributed by atoms with Crippen molar-refractivity contribution in [2.45, 2.75) is 18.1 Å². The van der Waals surface area contributed by atoms with E-state index >= 15 is 0 Å². The maximum absolute atomic E-state index is 13.6. The van der Waals surface area contributed by atoms with Crippen LogP contribution in [0.25, 0.3) is 0 Å². The zero-order valence-corrected chi connectivity index (χ0v) is 9.00. The van der Waals surface area contributed by atoms with E-state index in [1.807, 2.05) is 0 Å². The van der Waals surface area contributed by atoms with Crippen LogP contribution in [-0.4, -0.2) is 25.8 Å². The molecule has 0 saturated carbocycles. The van der Waals surface area contributed by atoms with Gasteiger partial charge in [-0.15, -0.1) is 0 Å². The van der Waals surface area contributed by atoms with Gasteiger partial charge in [-0.05, 0) is 6.07 Å². The molecule has 2 rings (SSSR count). The maximum atomic E-state index is 13.6. The van der Waals surface area contributed by atoms with Crippen LogP contribution in [-0.2, 0) is 10.3 Å². The number of alkyl halides is 2. The van der Waals surface area contributed by atoms with Gasteiger partial charge in [0.2, 0.25) is 0 Å². The predicted octanol–water partition coefficient (Wildman–Crippen LogP) is 1.19. The number of halogens is 3. The largest absolute Gasteiger partial charge is 0.376 e. The fourth-order valence-corrected chi connectivity index (χ4v) is 1.98. The highest BCUT2D eigenvalue weighted by molar-refractivity contribution is 5.28. The second-order valence-electron chi connectivity index (χ2n) is 4.02. The molecule has 0 amide bonds. The van der Waals surface area contributed by atoms with Gasteiger partial charge in [0.1, 0.15) is 11.4 Å². The van der Waals surface area contributed by atoms with Crippen LogP contribution in [0.15, 0.2) is 24.3 Å². The first-order chi connectivity index (χ1) is 8.06. The lowest BCUT2D eigenvalue weighted by Gasteiger charge is -2.40. The zero-order chi connectivity index (χ0) is 12.5. The summed E-state index contributed by atoms with van der Waals surface area (Å²) in [7, 11) is 0. The number of nitrogens with two attached hydrogens (primary N) is 1. The number of nitrogens with one attached hydrogen (secondary N) is 1. The van der Waals surface area contributed by atoms with Crippen molar-refractivity contribution in [2.75, 3.05) is 13.2 Å². The van der Waals surface area contributed by atoms with Crippen molar-refractivity contribution in [2.24, 2.45) is 5.73 Å². The van der Waals surface area contributed by atoms with Crippen LogP contribution in [0.3, 0.4) is 0 Å². The van der Waals surface area contributed by atoms with E-state index in [1.54, 1.807) is 0 Å². The quantitative estimate of drug-likeness (QED) is 0.824. The molecular weight excluding hydrogens is 233 g/mol. The topological polar surface area (TPSA) is 47.3 Å². The normalized spacial score (nSPS) is 29.6. The molecule has 1 aromatic carbocycles. The molecule has 17 heavy (non-hydrogen) atoms. The molecule has 0 aromatic heterocycles. The average molecular weight is 246 g/mol. The number of rotatable bonds is 2. The summed E-state index contributed by atoms with van der Waals surface area (Å²) >= 11 is 0. The van der Waals surface area contributed by atoms with Crippen molar-refractivity contribution < 1.29 is 17.9 Å². The van der Waals surface area contributed by atoms with E-state index in [1.165, 1.54) is 18.2 Å². The summed E-state index contributed by atoms with van der Waals surface area (Å²) in [5.74, 6) is -0.696. The molecule has 0 spiro atoms. The monoisotopic (exact) mass is 246 g/mol. The first kappa shape index (κ1) is 12.3. The van der Waals surface area contributed by atoms with E-state index in [9.17, 15) is 13.2 Å². The Balaban J connectivity index is 2.44. The minimum atomic E-state index is -2.81. The molecule has 3 nitrogen and oxygen atoms in total. The molecule has 1 heterocycles. The van der Waals surface area contributed by atoms with Crippen LogP contribution in [0.5, 0.6) is 0 Å². The van der Waals surface area contributed by atoms with Crippen LogP contribution in [0.1, 0.15) is 5.56 Å². The van der Waals surface area contributed by atoms with Gasteiger partial charge in [-0.3, -0.25) is 5.32 Å². The zero-order valence-electron chi connectivity index (χ0n) is 9.00. The van der Waals surface area contributed by atoms with E-state index in [0.29, 0.717) is 0 Å². The Morgan fingerprint density at radius 1 is 1.41 bits per heavy atom. The summed E-state index contributed by atoms with van der Waals surface area (Å²) in [5, 5.41) is 2.55. The van der Waals surface area contributed by atoms with Gasteiger partial charge in [0.15, 0.2) is 0 Å². The van der Waals surface area contributed by atoms with E-state index < -0.39 is 23.9 Å². The molecule has 1 aliphatic rings. The first-order valence-corrected chi connectivity index (χ1v) is 5.20. The molecule has 1 aliphatic heterocycles. The van der Waals surface area contributed by atoms with Gasteiger partial charge in [0, 0.05) is 5.56 Å². The Labute approximate surface area is 96.8 Å². The number of ether oxygens (including phenoxy) is 1. The van der Waals surface area contributed by atoms with Crippen LogP contribution in [0.4, 0.5) is 13.2 Å². The molecule has 3 N–H and O–H groups in total. The smallest absolute Gasteiger partial charge is 0.263 e. The van der Waals surface area contributed by atoms with Gasteiger partial charge >= 0.3 is 0 Å². The summed E-state index contributed by atoms with van der Waals surface area (Å²) in [6, 6.07) is 5.41. The Bertz CT molecular complexity index is 402. The third-order valence-corrected chi connectivity index (χ3v) is 2.80. The van der Waals surface area contributed by atoms with Crippen LogP contribution < -0.4 is 11.1 Å². The van der Waals surface area contributed by atoms with Crippen molar-refractivity contribution in [3.05, 3.63) is 35.6 Å². The van der Waals surface area contributed by atoms with Crippen LogP contribution in [0.2, 0.25) is 0 Å². The van der Waals surface area contributed by atoms with Gasteiger partial charge in [-0.2, -0.15) is 0 Å². The first-order valence-electron chi connectivity index (χ1n) is 5.20. The Morgan fingerprint density at radius 2 is 2.12 bits per heavy atom. The molecule has 2 atom stereocenters. The van der Waals surface area contributed by atoms with Gasteiger partial charge in [-0.1, -0.05) is 18.2 Å².